The van der Waals surface area contributed by atoms with E-state index in [-0.39, 0.29) is 36.4 Å². The Hall–Kier alpha value is -3.54. The molecule has 2 heterocycles. The second kappa shape index (κ2) is 14.0. The molecule has 44 heavy (non-hydrogen) atoms. The molecule has 1 fully saturated rings. The number of rotatable bonds is 10. The number of methoxy groups -OCH3 is 1. The average molecular weight is 624 g/mol. The van der Waals surface area contributed by atoms with Crippen LogP contribution >= 0.6 is 0 Å². The number of carbonyl (C=O) groups is 2. The monoisotopic (exact) mass is 623 g/mol. The molecule has 1 amide bonds. The van der Waals surface area contributed by atoms with Gasteiger partial charge < -0.3 is 24.3 Å². The number of nitrogens with zero attached hydrogens (tertiary/aromatic N) is 2. The summed E-state index contributed by atoms with van der Waals surface area (Å²) in [6, 6.07) is 4.07. The molecule has 0 aliphatic carbocycles. The van der Waals surface area contributed by atoms with Crippen LogP contribution in [0.4, 0.5) is 18.0 Å². The Morgan fingerprint density at radius 2 is 1.75 bits per heavy atom. The minimum absolute atomic E-state index is 0.0654. The van der Waals surface area contributed by atoms with E-state index in [4.69, 9.17) is 18.9 Å². The molecule has 0 bridgehead atoms. The van der Waals surface area contributed by atoms with Crippen molar-refractivity contribution >= 4 is 12.1 Å². The van der Waals surface area contributed by atoms with Crippen LogP contribution in [0.15, 0.2) is 36.5 Å². The summed E-state index contributed by atoms with van der Waals surface area (Å²) < 4.78 is 63.6. The molecule has 1 saturated heterocycles. The lowest BCUT2D eigenvalue weighted by atomic mass is 9.72. The number of likely N-dealkylation sites (tertiary alicyclic amines) is 1. The SMILES string of the molecule is CCOC(=O)[C@@H]1[C@@H](C(C)(C)C)[C@H](NCc2cc(C(F)(F)F)ccc2OC)[C@H](c2cccnc2OC(C)C)N1C(=O)OC(C)C. The Morgan fingerprint density at radius 1 is 1.07 bits per heavy atom. The molecule has 1 aromatic carbocycles. The van der Waals surface area contributed by atoms with Crippen molar-refractivity contribution in [2.75, 3.05) is 13.7 Å². The Morgan fingerprint density at radius 3 is 2.30 bits per heavy atom. The van der Waals surface area contributed by atoms with Crippen LogP contribution in [0.3, 0.4) is 0 Å². The van der Waals surface area contributed by atoms with Crippen molar-refractivity contribution in [2.45, 2.75) is 98.4 Å². The molecule has 12 heteroatoms. The summed E-state index contributed by atoms with van der Waals surface area (Å²) in [5.74, 6) is -0.685. The average Bonchev–Trinajstić information content (AvgIpc) is 3.27. The molecule has 1 aliphatic heterocycles. The smallest absolute Gasteiger partial charge is 0.416 e. The summed E-state index contributed by atoms with van der Waals surface area (Å²) in [7, 11) is 1.38. The lowest BCUT2D eigenvalue weighted by molar-refractivity contribution is -0.151. The van der Waals surface area contributed by atoms with Gasteiger partial charge in [-0.25, -0.2) is 14.6 Å². The van der Waals surface area contributed by atoms with Crippen LogP contribution in [-0.2, 0) is 27.0 Å². The van der Waals surface area contributed by atoms with E-state index in [2.05, 4.69) is 10.3 Å². The number of nitrogens with one attached hydrogen (secondary N) is 1. The Labute approximate surface area is 257 Å². The maximum atomic E-state index is 13.9. The van der Waals surface area contributed by atoms with Gasteiger partial charge in [-0.15, -0.1) is 0 Å². The van der Waals surface area contributed by atoms with Crippen molar-refractivity contribution in [3.05, 3.63) is 53.2 Å². The number of hydrogen-bond donors (Lipinski definition) is 1. The van der Waals surface area contributed by atoms with E-state index in [9.17, 15) is 22.8 Å². The molecular formula is C32H44F3N3O6. The number of benzene rings is 1. The maximum Gasteiger partial charge on any atom is 0.416 e. The van der Waals surface area contributed by atoms with Crippen molar-refractivity contribution in [3.63, 3.8) is 0 Å². The topological polar surface area (TPSA) is 99.2 Å². The first kappa shape index (κ1) is 34.9. The van der Waals surface area contributed by atoms with Crippen LogP contribution in [0.5, 0.6) is 11.6 Å². The molecule has 0 saturated carbocycles. The van der Waals surface area contributed by atoms with Crippen LogP contribution in [0.25, 0.3) is 0 Å². The van der Waals surface area contributed by atoms with Crippen LogP contribution in [-0.4, -0.2) is 60.0 Å². The molecule has 0 spiro atoms. The van der Waals surface area contributed by atoms with Gasteiger partial charge >= 0.3 is 18.2 Å². The van der Waals surface area contributed by atoms with Gasteiger partial charge in [0.05, 0.1) is 37.5 Å². The minimum Gasteiger partial charge on any atom is -0.496 e. The van der Waals surface area contributed by atoms with Gasteiger partial charge in [0.1, 0.15) is 11.8 Å². The van der Waals surface area contributed by atoms with Crippen LogP contribution in [0, 0.1) is 11.3 Å². The molecule has 4 atom stereocenters. The number of ether oxygens (including phenoxy) is 4. The predicted molar refractivity (Wildman–Crippen MR) is 158 cm³/mol. The number of carbonyl (C=O) groups excluding carboxylic acids is 2. The summed E-state index contributed by atoms with van der Waals surface area (Å²) in [6.45, 7) is 14.6. The molecular weight excluding hydrogens is 579 g/mol. The van der Waals surface area contributed by atoms with E-state index in [0.717, 1.165) is 12.1 Å². The quantitative estimate of drug-likeness (QED) is 0.298. The van der Waals surface area contributed by atoms with E-state index in [0.29, 0.717) is 5.56 Å². The molecule has 1 aliphatic rings. The highest BCUT2D eigenvalue weighted by molar-refractivity contribution is 5.84. The number of pyridine rings is 1. The van der Waals surface area contributed by atoms with E-state index in [1.165, 1.54) is 18.1 Å². The Bertz CT molecular complexity index is 1290. The molecule has 1 N–H and O–H groups in total. The van der Waals surface area contributed by atoms with Crippen molar-refractivity contribution < 1.29 is 41.7 Å². The fourth-order valence-electron chi connectivity index (χ4n) is 5.75. The first-order valence-corrected chi connectivity index (χ1v) is 14.8. The first-order chi connectivity index (χ1) is 20.5. The normalized spacial score (nSPS) is 20.6. The van der Waals surface area contributed by atoms with Gasteiger partial charge in [-0.2, -0.15) is 13.2 Å². The van der Waals surface area contributed by atoms with E-state index < -0.39 is 59.4 Å². The third-order valence-corrected chi connectivity index (χ3v) is 7.34. The lowest BCUT2D eigenvalue weighted by Crippen LogP contribution is -2.49. The van der Waals surface area contributed by atoms with Gasteiger partial charge in [0.2, 0.25) is 5.88 Å². The van der Waals surface area contributed by atoms with E-state index >= 15 is 0 Å². The summed E-state index contributed by atoms with van der Waals surface area (Å²) in [4.78, 5) is 33.4. The van der Waals surface area contributed by atoms with Crippen LogP contribution in [0.2, 0.25) is 0 Å². The minimum atomic E-state index is -4.56. The van der Waals surface area contributed by atoms with Gasteiger partial charge in [0.15, 0.2) is 0 Å². The first-order valence-electron chi connectivity index (χ1n) is 14.8. The Balaban J connectivity index is 2.27. The molecule has 2 aromatic rings. The van der Waals surface area contributed by atoms with Gasteiger partial charge in [0.25, 0.3) is 0 Å². The third kappa shape index (κ3) is 7.94. The van der Waals surface area contributed by atoms with E-state index in [1.54, 1.807) is 39.1 Å². The second-order valence-electron chi connectivity index (χ2n) is 12.4. The molecule has 1 aromatic heterocycles. The highest BCUT2D eigenvalue weighted by atomic mass is 19.4. The second-order valence-corrected chi connectivity index (χ2v) is 12.4. The highest BCUT2D eigenvalue weighted by Crippen LogP contribution is 2.50. The van der Waals surface area contributed by atoms with Gasteiger partial charge in [-0.05, 0) is 70.4 Å². The Kier molecular flexibility index (Phi) is 11.2. The number of halogens is 3. The molecule has 9 nitrogen and oxygen atoms in total. The predicted octanol–water partition coefficient (Wildman–Crippen LogP) is 6.55. The zero-order valence-corrected chi connectivity index (χ0v) is 26.8. The third-order valence-electron chi connectivity index (χ3n) is 7.34. The van der Waals surface area contributed by atoms with Crippen LogP contribution in [0.1, 0.15) is 78.1 Å². The van der Waals surface area contributed by atoms with Crippen molar-refractivity contribution in [1.82, 2.24) is 15.2 Å². The highest BCUT2D eigenvalue weighted by Gasteiger charge is 2.59. The lowest BCUT2D eigenvalue weighted by Gasteiger charge is -2.36. The fraction of sp³-hybridized carbons (Fsp3) is 0.594. The summed E-state index contributed by atoms with van der Waals surface area (Å²) in [5.41, 5.74) is -0.665. The standard InChI is InChI=1S/C32H44F3N3O6/c1-10-42-29(39)27-24(31(6,7)8)25(37-17-20-16-21(32(33,34)35)13-14-23(20)41-9)26(38(27)30(40)44-19(4)5)22-12-11-15-36-28(22)43-18(2)3/h11-16,18-19,24-27,37H,10,17H2,1-9H3/t24-,25-,26-,27-/m0/s1. The number of hydrogen-bond acceptors (Lipinski definition) is 8. The number of amides is 1. The fourth-order valence-corrected chi connectivity index (χ4v) is 5.75. The van der Waals surface area contributed by atoms with Crippen molar-refractivity contribution in [1.29, 1.82) is 0 Å². The van der Waals surface area contributed by atoms with Crippen LogP contribution < -0.4 is 14.8 Å². The zero-order valence-electron chi connectivity index (χ0n) is 26.8. The largest absolute Gasteiger partial charge is 0.496 e. The number of alkyl halides is 3. The molecule has 244 valence electrons. The van der Waals surface area contributed by atoms with E-state index in [1.807, 2.05) is 34.6 Å². The van der Waals surface area contributed by atoms with Gasteiger partial charge in [-0.1, -0.05) is 20.8 Å². The molecule has 0 unspecified atom stereocenters. The van der Waals surface area contributed by atoms with Crippen molar-refractivity contribution in [2.24, 2.45) is 11.3 Å². The summed E-state index contributed by atoms with van der Waals surface area (Å²) in [5, 5.41) is 3.41. The molecule has 0 radical (unpaired) electrons. The number of esters is 1. The summed E-state index contributed by atoms with van der Waals surface area (Å²) in [6.07, 6.45) is -4.50. The maximum absolute atomic E-state index is 13.9. The van der Waals surface area contributed by atoms with Crippen molar-refractivity contribution in [3.8, 4) is 11.6 Å². The zero-order chi connectivity index (χ0) is 33.0. The van der Waals surface area contributed by atoms with Gasteiger partial charge in [0, 0.05) is 35.8 Å². The summed E-state index contributed by atoms with van der Waals surface area (Å²) >= 11 is 0. The molecule has 3 rings (SSSR count). The number of aromatic nitrogens is 1. The van der Waals surface area contributed by atoms with Gasteiger partial charge in [-0.3, -0.25) is 4.90 Å².